The number of hydrogen-bond acceptors (Lipinski definition) is 0. The van der Waals surface area contributed by atoms with Gasteiger partial charge in [-0.05, 0) is 0 Å². The molecule has 6 heteroatoms. The van der Waals surface area contributed by atoms with Crippen LogP contribution in [0.4, 0.5) is 0 Å². The first kappa shape index (κ1) is 264. The molecule has 0 atom stereocenters. The van der Waals surface area contributed by atoms with Crippen LogP contribution in [-0.4, -0.2) is 17.4 Å². The molecule has 0 aromatic rings. The number of hydrogen-bond donors (Lipinski definition) is 0. The average molecular weight is 97.9 g/mol. The van der Waals surface area contributed by atoms with Crippen LogP contribution < -0.4 is 18.9 Å². The molecule has 0 unspecified atom stereocenters. The average Bonchev–Trinajstić information content (AvgIpc) is 0. The van der Waals surface area contributed by atoms with E-state index in [2.05, 4.69) is 0 Å². The van der Waals surface area contributed by atoms with Gasteiger partial charge in [-0.1, -0.05) is 0 Å². The van der Waals surface area contributed by atoms with Gasteiger partial charge in [0.25, 0.3) is 0 Å². The van der Waals surface area contributed by atoms with E-state index in [-0.39, 0.29) is 58.1 Å². The van der Waals surface area contributed by atoms with Crippen molar-refractivity contribution < 1.29 is 40.8 Å². The van der Waals surface area contributed by atoms with Gasteiger partial charge in [-0.25, -0.2) is 0 Å². The molecule has 0 spiro atoms. The first-order valence-electron chi connectivity index (χ1n) is 0. The molecule has 0 N–H and O–H groups in total. The van der Waals surface area contributed by atoms with E-state index in [0.717, 1.165) is 0 Å². The molecule has 0 aliphatic rings. The summed E-state index contributed by atoms with van der Waals surface area (Å²) in [5.74, 6) is 0. The molecule has 0 saturated carbocycles. The minimum Gasteiger partial charge on any atom is -2.00 e. The van der Waals surface area contributed by atoms with Crippen molar-refractivity contribution in [3.63, 3.8) is 0 Å². The molecule has 0 saturated heterocycles. The Balaban J connectivity index is 0. The van der Waals surface area contributed by atoms with Crippen LogP contribution in [0.2, 0.25) is 0 Å². The monoisotopic (exact) mass is 98.0 g/mol. The third-order valence-electron chi connectivity index (χ3n) is 0. The van der Waals surface area contributed by atoms with Gasteiger partial charge in [0.1, 0.15) is 0 Å². The Kier molecular flexibility index (Phi) is 6900. The van der Waals surface area contributed by atoms with Gasteiger partial charge < -0.3 is 21.9 Å². The molecule has 0 fully saturated rings. The van der Waals surface area contributed by atoms with Crippen LogP contribution in [0.5, 0.6) is 0 Å². The van der Waals surface area contributed by atoms with Crippen LogP contribution >= 0.6 is 0 Å². The van der Waals surface area contributed by atoms with Crippen molar-refractivity contribution in [2.45, 2.75) is 0 Å². The van der Waals surface area contributed by atoms with Crippen molar-refractivity contribution in [1.29, 1.82) is 0 Å². The summed E-state index contributed by atoms with van der Waals surface area (Å²) in [6, 6.07) is 0. The van der Waals surface area contributed by atoms with E-state index >= 15 is 0 Å². The van der Waals surface area contributed by atoms with E-state index in [9.17, 15) is 0 Å². The minimum absolute atomic E-state index is 0. The second-order valence-corrected chi connectivity index (χ2v) is 0. The molecule has 0 heterocycles. The second-order valence-electron chi connectivity index (χ2n) is 0. The fourth-order valence-corrected chi connectivity index (χ4v) is 0. The molecule has 0 aliphatic carbocycles. The Bertz CT molecular complexity index is 7.51. The SMILES string of the molecule is [Al+3].[Li+].[O-2].[O-2].[O-2].[O-2]. The van der Waals surface area contributed by atoms with Gasteiger partial charge in [-0.3, -0.25) is 0 Å². The van der Waals surface area contributed by atoms with Crippen molar-refractivity contribution >= 4 is 17.4 Å². The molecule has 0 rings (SSSR count). The van der Waals surface area contributed by atoms with E-state index in [1.807, 2.05) is 0 Å². The Morgan fingerprint density at radius 3 is 0.500 bits per heavy atom. The molecule has 0 bridgehead atoms. The fraction of sp³-hybridized carbons (Fsp3) is 0. The normalized spacial score (nSPS) is 0. The third kappa shape index (κ3) is 83.3. The predicted octanol–water partition coefficient (Wildman–Crippen LogP) is -3.85. The molecule has 0 radical (unpaired) electrons. The summed E-state index contributed by atoms with van der Waals surface area (Å²) in [5.41, 5.74) is 0. The molecule has 0 aromatic heterocycles. The Labute approximate surface area is 58.5 Å². The van der Waals surface area contributed by atoms with Gasteiger partial charge in [0, 0.05) is 0 Å². The van der Waals surface area contributed by atoms with Gasteiger partial charge in [-0.15, -0.1) is 0 Å². The van der Waals surface area contributed by atoms with Gasteiger partial charge in [0.15, 0.2) is 0 Å². The number of rotatable bonds is 0. The summed E-state index contributed by atoms with van der Waals surface area (Å²) in [7, 11) is 0. The Hall–Kier alpha value is 0.970. The van der Waals surface area contributed by atoms with E-state index < -0.39 is 0 Å². The summed E-state index contributed by atoms with van der Waals surface area (Å²) in [4.78, 5) is 0. The second kappa shape index (κ2) is 157. The first-order valence-corrected chi connectivity index (χ1v) is 0. The fourth-order valence-electron chi connectivity index (χ4n) is 0. The summed E-state index contributed by atoms with van der Waals surface area (Å²) in [6.45, 7) is 0. The van der Waals surface area contributed by atoms with Crippen molar-refractivity contribution in [3.05, 3.63) is 0 Å². The summed E-state index contributed by atoms with van der Waals surface area (Å²) < 4.78 is 0. The zero-order valence-corrected chi connectivity index (χ0v) is 4.37. The molecule has 0 amide bonds. The maximum atomic E-state index is 0. The molecule has 32 valence electrons. The zero-order valence-electron chi connectivity index (χ0n) is 3.21. The molecule has 0 aromatic carbocycles. The van der Waals surface area contributed by atoms with E-state index in [4.69, 9.17) is 0 Å². The molecule has 4 nitrogen and oxygen atoms in total. The first-order chi connectivity index (χ1) is 0. The van der Waals surface area contributed by atoms with Crippen LogP contribution in [0.3, 0.4) is 0 Å². The topological polar surface area (TPSA) is 114 Å². The van der Waals surface area contributed by atoms with Crippen molar-refractivity contribution in [2.75, 3.05) is 0 Å². The molecular formula is AlLiO4-4. The predicted molar refractivity (Wildman–Crippen MR) is 8.50 cm³/mol. The maximum absolute atomic E-state index is 0. The van der Waals surface area contributed by atoms with Gasteiger partial charge >= 0.3 is 36.2 Å². The van der Waals surface area contributed by atoms with E-state index in [1.54, 1.807) is 0 Å². The van der Waals surface area contributed by atoms with Crippen molar-refractivity contribution in [3.8, 4) is 0 Å². The van der Waals surface area contributed by atoms with Crippen molar-refractivity contribution in [1.82, 2.24) is 0 Å². The molecule has 0 aliphatic heterocycles. The summed E-state index contributed by atoms with van der Waals surface area (Å²) in [6.07, 6.45) is 0. The third-order valence-corrected chi connectivity index (χ3v) is 0. The quantitative estimate of drug-likeness (QED) is 0.276. The molecule has 6 heavy (non-hydrogen) atoms. The minimum atomic E-state index is 0. The van der Waals surface area contributed by atoms with E-state index in [1.165, 1.54) is 0 Å². The standard InChI is InChI=1S/Al.Li.4O/q+3;+1;4*-2. The summed E-state index contributed by atoms with van der Waals surface area (Å²) >= 11 is 0. The Morgan fingerprint density at radius 1 is 0.500 bits per heavy atom. The van der Waals surface area contributed by atoms with Gasteiger partial charge in [0.2, 0.25) is 0 Å². The van der Waals surface area contributed by atoms with Crippen molar-refractivity contribution in [2.24, 2.45) is 0 Å². The van der Waals surface area contributed by atoms with Crippen LogP contribution in [-0.2, 0) is 21.9 Å². The van der Waals surface area contributed by atoms with Crippen LogP contribution in [0.25, 0.3) is 0 Å². The van der Waals surface area contributed by atoms with E-state index in [0.29, 0.717) is 0 Å². The maximum Gasteiger partial charge on any atom is 3.00 e. The molecular weight excluding hydrogens is 97.9 g/mol. The van der Waals surface area contributed by atoms with Gasteiger partial charge in [0.05, 0.1) is 0 Å². The Morgan fingerprint density at radius 2 is 0.500 bits per heavy atom. The van der Waals surface area contributed by atoms with Gasteiger partial charge in [-0.2, -0.15) is 0 Å². The zero-order chi connectivity index (χ0) is 0. The van der Waals surface area contributed by atoms with Crippen LogP contribution in [0.15, 0.2) is 0 Å². The summed E-state index contributed by atoms with van der Waals surface area (Å²) in [5, 5.41) is 0. The van der Waals surface area contributed by atoms with Crippen LogP contribution in [0, 0.1) is 0 Å². The van der Waals surface area contributed by atoms with Crippen LogP contribution in [0.1, 0.15) is 0 Å². The largest absolute Gasteiger partial charge is 3.00 e. The smallest absolute Gasteiger partial charge is 2.00 e.